The summed E-state index contributed by atoms with van der Waals surface area (Å²) in [6, 6.07) is 6.06. The third-order valence-corrected chi connectivity index (χ3v) is 3.35. The van der Waals surface area contributed by atoms with E-state index >= 15 is 0 Å². The molecule has 0 bridgehead atoms. The monoisotopic (exact) mass is 317 g/mol. The van der Waals surface area contributed by atoms with Crippen LogP contribution in [0.2, 0.25) is 0 Å². The van der Waals surface area contributed by atoms with E-state index in [1.165, 1.54) is 18.3 Å². The maximum Gasteiger partial charge on any atom is 0.278 e. The van der Waals surface area contributed by atoms with E-state index in [0.29, 0.717) is 12.1 Å². The molecule has 0 aliphatic carbocycles. The van der Waals surface area contributed by atoms with Gasteiger partial charge in [-0.1, -0.05) is 12.1 Å². The van der Waals surface area contributed by atoms with Crippen LogP contribution in [0.3, 0.4) is 0 Å². The van der Waals surface area contributed by atoms with Crippen LogP contribution in [-0.4, -0.2) is 28.7 Å². The number of benzene rings is 1. The molecule has 9 heteroatoms. The lowest BCUT2D eigenvalue weighted by molar-refractivity contribution is -0.385. The van der Waals surface area contributed by atoms with Crippen molar-refractivity contribution in [2.24, 2.45) is 16.1 Å². The van der Waals surface area contributed by atoms with Gasteiger partial charge >= 0.3 is 0 Å². The first-order chi connectivity index (χ1) is 11.0. The molecule has 0 radical (unpaired) electrons. The molecule has 0 spiro atoms. The molecule has 1 aromatic rings. The Hall–Kier alpha value is -3.10. The Balaban J connectivity index is 1.86. The van der Waals surface area contributed by atoms with Crippen LogP contribution >= 0.6 is 0 Å². The Morgan fingerprint density at radius 1 is 1.52 bits per heavy atom. The smallest absolute Gasteiger partial charge is 0.273 e. The minimum Gasteiger partial charge on any atom is -0.273 e. The Morgan fingerprint density at radius 3 is 2.91 bits per heavy atom. The minimum atomic E-state index is -0.524. The van der Waals surface area contributed by atoms with Crippen LogP contribution in [-0.2, 0) is 9.59 Å². The van der Waals surface area contributed by atoms with Crippen molar-refractivity contribution in [3.8, 4) is 0 Å². The molecule has 2 rings (SSSR count). The van der Waals surface area contributed by atoms with E-state index in [2.05, 4.69) is 21.1 Å². The molecule has 1 aliphatic rings. The van der Waals surface area contributed by atoms with Crippen molar-refractivity contribution in [2.75, 3.05) is 0 Å². The number of carbonyl (C=O) groups is 2. The van der Waals surface area contributed by atoms with Crippen molar-refractivity contribution in [3.05, 3.63) is 39.9 Å². The second kappa shape index (κ2) is 7.25. The first-order valence-corrected chi connectivity index (χ1v) is 6.88. The molecule has 1 atom stereocenters. The second-order valence-electron chi connectivity index (χ2n) is 4.93. The zero-order valence-corrected chi connectivity index (χ0v) is 12.4. The molecule has 9 nitrogen and oxygen atoms in total. The fourth-order valence-corrected chi connectivity index (χ4v) is 2.10. The topological polar surface area (TPSA) is 126 Å². The summed E-state index contributed by atoms with van der Waals surface area (Å²) in [6.07, 6.45) is 1.64. The predicted octanol–water partition coefficient (Wildman–Crippen LogP) is 0.947. The fourth-order valence-electron chi connectivity index (χ4n) is 2.10. The van der Waals surface area contributed by atoms with E-state index in [0.717, 1.165) is 0 Å². The molecular formula is C14H15N5O4. The van der Waals surface area contributed by atoms with Crippen molar-refractivity contribution in [1.29, 1.82) is 0 Å². The Kier molecular flexibility index (Phi) is 5.13. The lowest BCUT2D eigenvalue weighted by Crippen LogP contribution is -2.25. The van der Waals surface area contributed by atoms with E-state index in [9.17, 15) is 19.7 Å². The summed E-state index contributed by atoms with van der Waals surface area (Å²) in [7, 11) is 0. The van der Waals surface area contributed by atoms with Crippen LogP contribution in [0.25, 0.3) is 0 Å². The highest BCUT2D eigenvalue weighted by atomic mass is 16.6. The summed E-state index contributed by atoms with van der Waals surface area (Å²) in [4.78, 5) is 33.5. The average molecular weight is 317 g/mol. The van der Waals surface area contributed by atoms with Gasteiger partial charge in [0.25, 0.3) is 5.69 Å². The largest absolute Gasteiger partial charge is 0.278 e. The van der Waals surface area contributed by atoms with E-state index in [-0.39, 0.29) is 29.5 Å². The Labute approximate surface area is 131 Å². The van der Waals surface area contributed by atoms with Crippen molar-refractivity contribution in [3.63, 3.8) is 0 Å². The first-order valence-electron chi connectivity index (χ1n) is 6.88. The maximum atomic E-state index is 11.7. The van der Waals surface area contributed by atoms with Crippen LogP contribution < -0.4 is 10.9 Å². The number of nitrogens with one attached hydrogen (secondary N) is 2. The zero-order chi connectivity index (χ0) is 16.8. The number of carbonyl (C=O) groups excluding carboxylic acids is 2. The standard InChI is InChI=1S/C14H15N5O4/c1-9-11(14(21)18-16-9)6-7-13(20)17-15-8-10-4-2-3-5-12(10)19(22)23/h2-5,8,11H,6-7H2,1H3,(H,17,20)(H,18,21)/b15-8+/t11-/m1/s1. The number of hydrogen-bond acceptors (Lipinski definition) is 6. The normalized spacial score (nSPS) is 17.0. The molecule has 1 aromatic carbocycles. The van der Waals surface area contributed by atoms with Gasteiger partial charge in [-0.2, -0.15) is 10.2 Å². The molecule has 1 aliphatic heterocycles. The number of nitro benzene ring substituents is 1. The van der Waals surface area contributed by atoms with Crippen LogP contribution in [0.1, 0.15) is 25.3 Å². The first kappa shape index (κ1) is 16.3. The number of nitrogens with zero attached hydrogens (tertiary/aromatic N) is 3. The number of hydrogen-bond donors (Lipinski definition) is 2. The zero-order valence-electron chi connectivity index (χ0n) is 12.4. The van der Waals surface area contributed by atoms with E-state index in [1.807, 2.05) is 0 Å². The highest BCUT2D eigenvalue weighted by Gasteiger charge is 2.26. The minimum absolute atomic E-state index is 0.0964. The molecule has 2 N–H and O–H groups in total. The summed E-state index contributed by atoms with van der Waals surface area (Å²) < 4.78 is 0. The number of nitro groups is 1. The van der Waals surface area contributed by atoms with Gasteiger partial charge in [-0.25, -0.2) is 10.9 Å². The van der Waals surface area contributed by atoms with Crippen LogP contribution in [0.15, 0.2) is 34.5 Å². The van der Waals surface area contributed by atoms with Gasteiger partial charge in [-0.15, -0.1) is 0 Å². The second-order valence-corrected chi connectivity index (χ2v) is 4.93. The number of para-hydroxylation sites is 1. The van der Waals surface area contributed by atoms with Gasteiger partial charge in [0.05, 0.1) is 22.6 Å². The van der Waals surface area contributed by atoms with Crippen LogP contribution in [0, 0.1) is 16.0 Å². The van der Waals surface area contributed by atoms with Gasteiger partial charge in [-0.3, -0.25) is 19.7 Å². The predicted molar refractivity (Wildman–Crippen MR) is 82.8 cm³/mol. The van der Waals surface area contributed by atoms with E-state index in [1.54, 1.807) is 19.1 Å². The number of hydrazone groups is 2. The van der Waals surface area contributed by atoms with Gasteiger partial charge in [0, 0.05) is 18.2 Å². The summed E-state index contributed by atoms with van der Waals surface area (Å²) in [5.74, 6) is -1.01. The van der Waals surface area contributed by atoms with Crippen LogP contribution in [0.5, 0.6) is 0 Å². The SMILES string of the molecule is CC1=NNC(=O)[C@@H]1CCC(=O)N/N=C/c1ccccc1[N+](=O)[O-]. The molecule has 2 amide bonds. The Morgan fingerprint density at radius 2 is 2.26 bits per heavy atom. The molecule has 120 valence electrons. The van der Waals surface area contributed by atoms with Crippen molar-refractivity contribution < 1.29 is 14.5 Å². The third-order valence-electron chi connectivity index (χ3n) is 3.35. The molecule has 0 fully saturated rings. The number of amides is 2. The highest BCUT2D eigenvalue weighted by molar-refractivity contribution is 6.07. The molecule has 1 heterocycles. The number of rotatable bonds is 6. The maximum absolute atomic E-state index is 11.7. The molecule has 23 heavy (non-hydrogen) atoms. The highest BCUT2D eigenvalue weighted by Crippen LogP contribution is 2.15. The molecule has 0 unspecified atom stereocenters. The summed E-state index contributed by atoms with van der Waals surface area (Å²) in [5.41, 5.74) is 5.47. The van der Waals surface area contributed by atoms with Crippen molar-refractivity contribution >= 4 is 29.4 Å². The van der Waals surface area contributed by atoms with Gasteiger partial charge in [0.2, 0.25) is 11.8 Å². The third kappa shape index (κ3) is 4.19. The lowest BCUT2D eigenvalue weighted by atomic mass is 9.99. The van der Waals surface area contributed by atoms with Gasteiger partial charge < -0.3 is 0 Å². The summed E-state index contributed by atoms with van der Waals surface area (Å²) in [6.45, 7) is 1.72. The summed E-state index contributed by atoms with van der Waals surface area (Å²) in [5, 5.41) is 18.3. The van der Waals surface area contributed by atoms with Gasteiger partial charge in [-0.05, 0) is 19.4 Å². The fraction of sp³-hybridized carbons (Fsp3) is 0.286. The van der Waals surface area contributed by atoms with Gasteiger partial charge in [0.15, 0.2) is 0 Å². The molecule has 0 saturated heterocycles. The van der Waals surface area contributed by atoms with Crippen LogP contribution in [0.4, 0.5) is 5.69 Å². The van der Waals surface area contributed by atoms with Crippen molar-refractivity contribution in [1.82, 2.24) is 10.9 Å². The summed E-state index contributed by atoms with van der Waals surface area (Å²) >= 11 is 0. The molecule has 0 saturated carbocycles. The molecule has 0 aromatic heterocycles. The van der Waals surface area contributed by atoms with E-state index < -0.39 is 10.8 Å². The van der Waals surface area contributed by atoms with Gasteiger partial charge in [0.1, 0.15) is 0 Å². The molecular weight excluding hydrogens is 302 g/mol. The Bertz CT molecular complexity index is 698. The lowest BCUT2D eigenvalue weighted by Gasteiger charge is -2.06. The quantitative estimate of drug-likeness (QED) is 0.460. The van der Waals surface area contributed by atoms with Crippen molar-refractivity contribution in [2.45, 2.75) is 19.8 Å². The average Bonchev–Trinajstić information content (AvgIpc) is 2.84. The van der Waals surface area contributed by atoms with E-state index in [4.69, 9.17) is 0 Å².